The Hall–Kier alpha value is -2.80. The molecule has 0 bridgehead atoms. The van der Waals surface area contributed by atoms with Gasteiger partial charge in [0.2, 0.25) is 0 Å². The van der Waals surface area contributed by atoms with Gasteiger partial charge in [-0.05, 0) is 79.0 Å². The monoisotopic (exact) mass is 536 g/mol. The van der Waals surface area contributed by atoms with Crippen molar-refractivity contribution in [3.8, 4) is 5.69 Å². The Balaban J connectivity index is 1.57. The zero-order valence-corrected chi connectivity index (χ0v) is 21.0. The summed E-state index contributed by atoms with van der Waals surface area (Å²) >= 11 is 10.6. The molecule has 4 aromatic rings. The van der Waals surface area contributed by atoms with Gasteiger partial charge in [-0.25, -0.2) is 4.90 Å². The molecule has 3 aromatic carbocycles. The van der Waals surface area contributed by atoms with Gasteiger partial charge in [-0.3, -0.25) is 9.59 Å². The first kappa shape index (κ1) is 22.0. The number of benzene rings is 3. The highest BCUT2D eigenvalue weighted by molar-refractivity contribution is 9.10. The quantitative estimate of drug-likeness (QED) is 0.249. The normalized spacial score (nSPS) is 15.3. The summed E-state index contributed by atoms with van der Waals surface area (Å²) in [5.41, 5.74) is 4.47. The van der Waals surface area contributed by atoms with E-state index >= 15 is 0 Å². The lowest BCUT2D eigenvalue weighted by Crippen LogP contribution is -2.27. The predicted octanol–water partition coefficient (Wildman–Crippen LogP) is 7.90. The van der Waals surface area contributed by atoms with Crippen molar-refractivity contribution in [1.29, 1.82) is 0 Å². The number of aromatic nitrogens is 1. The fraction of sp³-hybridized carbons (Fsp3) is 0.0769. The second kappa shape index (κ2) is 8.52. The summed E-state index contributed by atoms with van der Waals surface area (Å²) in [7, 11) is 0. The smallest absolute Gasteiger partial charge is 0.298 e. The van der Waals surface area contributed by atoms with Crippen LogP contribution in [-0.2, 0) is 4.79 Å². The Morgan fingerprint density at radius 1 is 0.939 bits per heavy atom. The second-order valence-electron chi connectivity index (χ2n) is 7.77. The van der Waals surface area contributed by atoms with Gasteiger partial charge in [-0.15, -0.1) is 0 Å². The Morgan fingerprint density at radius 3 is 2.45 bits per heavy atom. The maximum atomic E-state index is 13.1. The number of nitrogens with zero attached hydrogens (tertiary/aromatic N) is 2. The average Bonchev–Trinajstić information content (AvgIpc) is 3.23. The molecule has 1 saturated heterocycles. The van der Waals surface area contributed by atoms with E-state index < -0.39 is 0 Å². The van der Waals surface area contributed by atoms with Crippen LogP contribution in [0.4, 0.5) is 10.5 Å². The number of anilines is 1. The lowest BCUT2D eigenvalue weighted by Gasteiger charge is -2.14. The number of carbonyl (C=O) groups is 2. The van der Waals surface area contributed by atoms with Crippen molar-refractivity contribution >= 4 is 73.0 Å². The molecule has 0 spiro atoms. The molecule has 4 nitrogen and oxygen atoms in total. The average molecular weight is 538 g/mol. The van der Waals surface area contributed by atoms with Gasteiger partial charge in [0.1, 0.15) is 0 Å². The molecule has 0 aliphatic carbocycles. The van der Waals surface area contributed by atoms with E-state index in [2.05, 4.69) is 38.7 Å². The summed E-state index contributed by atoms with van der Waals surface area (Å²) in [5, 5.41) is 2.40. The molecule has 0 unspecified atom stereocenters. The SMILES string of the molecule is Cc1cc(/C=C2/SC(=O)N(c3cccc(Cl)c3)C2=O)c(C)n1-c1ccc(Br)c2ccccc12. The molecular weight excluding hydrogens is 520 g/mol. The van der Waals surface area contributed by atoms with Crippen LogP contribution in [0.2, 0.25) is 5.02 Å². The molecule has 0 saturated carbocycles. The Bertz CT molecular complexity index is 1490. The molecule has 1 fully saturated rings. The van der Waals surface area contributed by atoms with Crippen LogP contribution >= 0.6 is 39.3 Å². The van der Waals surface area contributed by atoms with Gasteiger partial charge in [0.25, 0.3) is 11.1 Å². The molecule has 0 radical (unpaired) electrons. The van der Waals surface area contributed by atoms with Crippen LogP contribution in [0.25, 0.3) is 22.5 Å². The van der Waals surface area contributed by atoms with E-state index in [0.717, 1.165) is 49.6 Å². The molecule has 7 heteroatoms. The highest BCUT2D eigenvalue weighted by Crippen LogP contribution is 2.38. The van der Waals surface area contributed by atoms with E-state index in [-0.39, 0.29) is 11.1 Å². The molecule has 1 aliphatic rings. The fourth-order valence-corrected chi connectivity index (χ4v) is 5.69. The number of fused-ring (bicyclic) bond motifs is 1. The number of carbonyl (C=O) groups excluding carboxylic acids is 2. The Kier molecular flexibility index (Phi) is 5.69. The van der Waals surface area contributed by atoms with Gasteiger partial charge in [0.15, 0.2) is 0 Å². The van der Waals surface area contributed by atoms with Crippen molar-refractivity contribution in [2.45, 2.75) is 13.8 Å². The molecule has 0 N–H and O–H groups in total. The molecule has 2 heterocycles. The van der Waals surface area contributed by atoms with E-state index in [1.807, 2.05) is 38.1 Å². The molecule has 164 valence electrons. The fourth-order valence-electron chi connectivity index (χ4n) is 4.19. The number of amides is 2. The Labute approximate surface area is 209 Å². The predicted molar refractivity (Wildman–Crippen MR) is 140 cm³/mol. The van der Waals surface area contributed by atoms with E-state index in [1.54, 1.807) is 30.3 Å². The number of hydrogen-bond acceptors (Lipinski definition) is 3. The minimum atomic E-state index is -0.342. The van der Waals surface area contributed by atoms with Crippen LogP contribution in [0.3, 0.4) is 0 Å². The number of halogens is 2. The number of aryl methyl sites for hydroxylation is 1. The molecule has 1 aromatic heterocycles. The molecule has 33 heavy (non-hydrogen) atoms. The number of thioether (sulfide) groups is 1. The standard InChI is InChI=1S/C26H18BrClN2O2S/c1-15-12-17(13-24-25(31)30(26(32)33-24)19-7-5-6-18(28)14-19)16(2)29(15)23-11-10-22(27)20-8-3-4-9-21(20)23/h3-14H,1-2H3/b24-13+. The van der Waals surface area contributed by atoms with Crippen LogP contribution in [0.1, 0.15) is 17.0 Å². The number of hydrogen-bond donors (Lipinski definition) is 0. The lowest BCUT2D eigenvalue weighted by molar-refractivity contribution is -0.113. The van der Waals surface area contributed by atoms with Crippen molar-refractivity contribution < 1.29 is 9.59 Å². The third-order valence-corrected chi connectivity index (χ3v) is 7.50. The molecule has 0 atom stereocenters. The van der Waals surface area contributed by atoms with Crippen molar-refractivity contribution in [2.24, 2.45) is 0 Å². The van der Waals surface area contributed by atoms with Crippen molar-refractivity contribution in [3.05, 3.63) is 98.1 Å². The molecular formula is C26H18BrClN2O2S. The van der Waals surface area contributed by atoms with Crippen LogP contribution < -0.4 is 4.90 Å². The van der Waals surface area contributed by atoms with E-state index in [1.165, 1.54) is 4.90 Å². The number of rotatable bonds is 3. The van der Waals surface area contributed by atoms with Gasteiger partial charge in [0, 0.05) is 26.3 Å². The van der Waals surface area contributed by atoms with E-state index in [0.29, 0.717) is 15.6 Å². The van der Waals surface area contributed by atoms with Crippen LogP contribution in [0, 0.1) is 13.8 Å². The van der Waals surface area contributed by atoms with Gasteiger partial charge in [-0.2, -0.15) is 0 Å². The largest absolute Gasteiger partial charge is 0.317 e. The second-order valence-corrected chi connectivity index (χ2v) is 10.1. The Morgan fingerprint density at radius 2 is 1.70 bits per heavy atom. The highest BCUT2D eigenvalue weighted by atomic mass is 79.9. The molecule has 2 amide bonds. The maximum absolute atomic E-state index is 13.1. The van der Waals surface area contributed by atoms with Crippen molar-refractivity contribution in [1.82, 2.24) is 4.57 Å². The minimum Gasteiger partial charge on any atom is -0.317 e. The summed E-state index contributed by atoms with van der Waals surface area (Å²) in [6.45, 7) is 4.07. The van der Waals surface area contributed by atoms with Crippen molar-refractivity contribution in [3.63, 3.8) is 0 Å². The maximum Gasteiger partial charge on any atom is 0.298 e. The minimum absolute atomic E-state index is 0.332. The summed E-state index contributed by atoms with van der Waals surface area (Å²) < 4.78 is 3.22. The van der Waals surface area contributed by atoms with Gasteiger partial charge < -0.3 is 4.57 Å². The van der Waals surface area contributed by atoms with Gasteiger partial charge >= 0.3 is 0 Å². The molecule has 1 aliphatic heterocycles. The van der Waals surface area contributed by atoms with Gasteiger partial charge in [0.05, 0.1) is 16.3 Å². The van der Waals surface area contributed by atoms with Gasteiger partial charge in [-0.1, -0.05) is 57.9 Å². The van der Waals surface area contributed by atoms with Crippen LogP contribution in [-0.4, -0.2) is 15.7 Å². The van der Waals surface area contributed by atoms with E-state index in [9.17, 15) is 9.59 Å². The summed E-state index contributed by atoms with van der Waals surface area (Å²) in [6.07, 6.45) is 1.80. The first-order valence-corrected chi connectivity index (χ1v) is 12.2. The summed E-state index contributed by atoms with van der Waals surface area (Å²) in [4.78, 5) is 27.3. The first-order valence-electron chi connectivity index (χ1n) is 10.3. The van der Waals surface area contributed by atoms with Crippen LogP contribution in [0.5, 0.6) is 0 Å². The summed E-state index contributed by atoms with van der Waals surface area (Å²) in [5.74, 6) is -0.342. The summed E-state index contributed by atoms with van der Waals surface area (Å²) in [6, 6.07) is 21.2. The third kappa shape index (κ3) is 3.82. The van der Waals surface area contributed by atoms with E-state index in [4.69, 9.17) is 11.6 Å². The van der Waals surface area contributed by atoms with Crippen molar-refractivity contribution in [2.75, 3.05) is 4.90 Å². The topological polar surface area (TPSA) is 42.3 Å². The zero-order valence-electron chi connectivity index (χ0n) is 17.8. The van der Waals surface area contributed by atoms with Crippen LogP contribution in [0.15, 0.2) is 76.1 Å². The first-order chi connectivity index (χ1) is 15.8. The zero-order chi connectivity index (χ0) is 23.3. The third-order valence-electron chi connectivity index (χ3n) is 5.71. The molecule has 5 rings (SSSR count). The lowest BCUT2D eigenvalue weighted by atomic mass is 10.1. The highest BCUT2D eigenvalue weighted by Gasteiger charge is 2.36. The number of imide groups is 1.